The lowest BCUT2D eigenvalue weighted by molar-refractivity contribution is 0.303. The minimum absolute atomic E-state index is 0.734. The van der Waals surface area contributed by atoms with Crippen LogP contribution in [0.25, 0.3) is 11.1 Å². The van der Waals surface area contributed by atoms with Crippen molar-refractivity contribution < 1.29 is 0 Å². The van der Waals surface area contributed by atoms with Gasteiger partial charge in [0.1, 0.15) is 23.2 Å². The summed E-state index contributed by atoms with van der Waals surface area (Å²) in [6, 6.07) is 41.0. The van der Waals surface area contributed by atoms with Crippen molar-refractivity contribution in [2.24, 2.45) is 5.92 Å². The normalized spacial score (nSPS) is 18.0. The van der Waals surface area contributed by atoms with Crippen molar-refractivity contribution >= 4 is 23.2 Å². The van der Waals surface area contributed by atoms with Crippen LogP contribution < -0.4 is 15.9 Å². The van der Waals surface area contributed by atoms with Gasteiger partial charge in [-0.15, -0.1) is 0 Å². The molecule has 0 radical (unpaired) electrons. The van der Waals surface area contributed by atoms with Crippen LogP contribution >= 0.6 is 7.26 Å². The topological polar surface area (TPSA) is 0 Å². The summed E-state index contributed by atoms with van der Waals surface area (Å²) in [4.78, 5) is 0. The molecular formula is C36H42P+. The van der Waals surface area contributed by atoms with E-state index < -0.39 is 7.26 Å². The summed E-state index contributed by atoms with van der Waals surface area (Å²) in [7, 11) is -1.79. The van der Waals surface area contributed by atoms with Gasteiger partial charge in [0, 0.05) is 5.56 Å². The van der Waals surface area contributed by atoms with Crippen LogP contribution in [0.2, 0.25) is 0 Å². The summed E-state index contributed by atoms with van der Waals surface area (Å²) in [6.45, 7) is 4.80. The van der Waals surface area contributed by atoms with Gasteiger partial charge in [0.15, 0.2) is 0 Å². The molecule has 0 saturated heterocycles. The Labute approximate surface area is 225 Å². The second kappa shape index (κ2) is 12.2. The molecular weight excluding hydrogens is 463 g/mol. The Kier molecular flexibility index (Phi) is 8.58. The minimum atomic E-state index is -1.79. The van der Waals surface area contributed by atoms with Gasteiger partial charge in [-0.1, -0.05) is 111 Å². The number of benzene rings is 4. The zero-order valence-corrected chi connectivity index (χ0v) is 23.5. The van der Waals surface area contributed by atoms with Gasteiger partial charge < -0.3 is 0 Å². The van der Waals surface area contributed by atoms with Crippen LogP contribution in [0.5, 0.6) is 0 Å². The zero-order valence-electron chi connectivity index (χ0n) is 22.7. The molecule has 0 spiro atoms. The molecule has 37 heavy (non-hydrogen) atoms. The minimum Gasteiger partial charge on any atom is -0.0654 e. The Morgan fingerprint density at radius 1 is 0.622 bits per heavy atom. The third-order valence-electron chi connectivity index (χ3n) is 8.69. The Morgan fingerprint density at radius 3 is 1.78 bits per heavy atom. The van der Waals surface area contributed by atoms with E-state index in [0.717, 1.165) is 11.8 Å². The first kappa shape index (κ1) is 25.9. The molecule has 0 aliphatic heterocycles. The van der Waals surface area contributed by atoms with E-state index in [2.05, 4.69) is 123 Å². The summed E-state index contributed by atoms with van der Waals surface area (Å²) in [5, 5.41) is 4.33. The molecule has 0 unspecified atom stereocenters. The van der Waals surface area contributed by atoms with Gasteiger partial charge in [0.2, 0.25) is 0 Å². The summed E-state index contributed by atoms with van der Waals surface area (Å²) >= 11 is 0. The van der Waals surface area contributed by atoms with E-state index in [-0.39, 0.29) is 0 Å². The van der Waals surface area contributed by atoms with Crippen LogP contribution in [0.3, 0.4) is 0 Å². The van der Waals surface area contributed by atoms with Gasteiger partial charge in [-0.2, -0.15) is 0 Å². The predicted molar refractivity (Wildman–Crippen MR) is 165 cm³/mol. The smallest absolute Gasteiger partial charge is 0.0654 e. The van der Waals surface area contributed by atoms with Gasteiger partial charge in [-0.3, -0.25) is 0 Å². The largest absolute Gasteiger partial charge is 0.112 e. The van der Waals surface area contributed by atoms with E-state index in [4.69, 9.17) is 0 Å². The molecule has 4 aromatic rings. The molecule has 0 nitrogen and oxygen atoms in total. The van der Waals surface area contributed by atoms with Crippen LogP contribution in [-0.4, -0.2) is 6.66 Å². The van der Waals surface area contributed by atoms with Crippen molar-refractivity contribution in [3.8, 4) is 11.1 Å². The van der Waals surface area contributed by atoms with E-state index in [9.17, 15) is 0 Å². The second-order valence-electron chi connectivity index (χ2n) is 11.0. The standard InChI is InChI=1S/C36H42P/c1-3-4-7-14-29-21-23-30(24-22-29)31-25-27-32(28-26-31)35-19-12-13-20-36(35)37(2,33-15-8-5-9-16-33)34-17-10-6-11-18-34/h5-6,8-13,15-20,25-30H,3-4,7,14,21-24H2,1-2H3/q+1. The molecule has 1 saturated carbocycles. The fraction of sp³-hybridized carbons (Fsp3) is 0.333. The first-order valence-corrected chi connectivity index (χ1v) is 16.6. The SMILES string of the molecule is CCCCCC1CCC(c2ccc(-c3ccccc3[P+](C)(c3ccccc3)c3ccccc3)cc2)CC1. The van der Waals surface area contributed by atoms with Crippen molar-refractivity contribution in [3.63, 3.8) is 0 Å². The highest BCUT2D eigenvalue weighted by Crippen LogP contribution is 2.53. The predicted octanol–water partition coefficient (Wildman–Crippen LogP) is 9.13. The summed E-state index contributed by atoms with van der Waals surface area (Å²) in [5.74, 6) is 1.70. The lowest BCUT2D eigenvalue weighted by Gasteiger charge is -2.29. The van der Waals surface area contributed by atoms with E-state index in [0.29, 0.717) is 0 Å². The second-order valence-corrected chi connectivity index (χ2v) is 14.6. The summed E-state index contributed by atoms with van der Waals surface area (Å²) in [6.07, 6.45) is 11.2. The molecule has 0 aromatic heterocycles. The lowest BCUT2D eigenvalue weighted by Crippen LogP contribution is -2.31. The first-order chi connectivity index (χ1) is 18.2. The van der Waals surface area contributed by atoms with Gasteiger partial charge >= 0.3 is 0 Å². The molecule has 0 atom stereocenters. The highest BCUT2D eigenvalue weighted by molar-refractivity contribution is 7.95. The molecule has 1 heteroatoms. The molecule has 5 rings (SSSR count). The average Bonchev–Trinajstić information content (AvgIpc) is 2.98. The Balaban J connectivity index is 1.42. The maximum Gasteiger partial charge on any atom is 0.112 e. The Hall–Kier alpha value is -2.69. The Morgan fingerprint density at radius 2 is 1.19 bits per heavy atom. The van der Waals surface area contributed by atoms with Crippen molar-refractivity contribution in [1.29, 1.82) is 0 Å². The van der Waals surface area contributed by atoms with Crippen molar-refractivity contribution in [2.45, 2.75) is 64.2 Å². The van der Waals surface area contributed by atoms with Crippen LogP contribution in [0.15, 0.2) is 109 Å². The summed E-state index contributed by atoms with van der Waals surface area (Å²) in [5.41, 5.74) is 4.25. The summed E-state index contributed by atoms with van der Waals surface area (Å²) < 4.78 is 0. The monoisotopic (exact) mass is 505 g/mol. The number of hydrogen-bond donors (Lipinski definition) is 0. The third kappa shape index (κ3) is 5.76. The molecule has 0 bridgehead atoms. The van der Waals surface area contributed by atoms with E-state index in [1.807, 2.05) is 0 Å². The third-order valence-corrected chi connectivity index (χ3v) is 12.7. The molecule has 4 aromatic carbocycles. The van der Waals surface area contributed by atoms with Crippen LogP contribution in [0.1, 0.15) is 69.8 Å². The van der Waals surface area contributed by atoms with Crippen molar-refractivity contribution in [3.05, 3.63) is 115 Å². The van der Waals surface area contributed by atoms with Crippen molar-refractivity contribution in [2.75, 3.05) is 6.66 Å². The van der Waals surface area contributed by atoms with E-state index >= 15 is 0 Å². The van der Waals surface area contributed by atoms with E-state index in [1.54, 1.807) is 0 Å². The quantitative estimate of drug-likeness (QED) is 0.157. The lowest BCUT2D eigenvalue weighted by atomic mass is 9.77. The van der Waals surface area contributed by atoms with Gasteiger partial charge in [-0.05, 0) is 79.0 Å². The number of rotatable bonds is 9. The zero-order chi connectivity index (χ0) is 25.5. The molecule has 0 N–H and O–H groups in total. The fourth-order valence-corrected chi connectivity index (χ4v) is 9.85. The highest BCUT2D eigenvalue weighted by Gasteiger charge is 2.41. The van der Waals surface area contributed by atoms with Crippen LogP contribution in [0.4, 0.5) is 0 Å². The first-order valence-electron chi connectivity index (χ1n) is 14.4. The van der Waals surface area contributed by atoms with Gasteiger partial charge in [-0.25, -0.2) is 0 Å². The van der Waals surface area contributed by atoms with Gasteiger partial charge in [0.25, 0.3) is 0 Å². The average molecular weight is 506 g/mol. The maximum atomic E-state index is 2.49. The molecule has 1 aliphatic carbocycles. The van der Waals surface area contributed by atoms with E-state index in [1.165, 1.54) is 84.0 Å². The van der Waals surface area contributed by atoms with Gasteiger partial charge in [0.05, 0.1) is 6.66 Å². The molecule has 1 fully saturated rings. The fourth-order valence-electron chi connectivity index (χ4n) is 6.39. The van der Waals surface area contributed by atoms with Crippen molar-refractivity contribution in [1.82, 2.24) is 0 Å². The molecule has 0 amide bonds. The number of unbranched alkanes of at least 4 members (excludes halogenated alkanes) is 2. The molecule has 1 aliphatic rings. The van der Waals surface area contributed by atoms with Crippen LogP contribution in [0, 0.1) is 5.92 Å². The Bertz CT molecular complexity index is 1200. The maximum absolute atomic E-state index is 2.49. The molecule has 0 heterocycles. The highest BCUT2D eigenvalue weighted by atomic mass is 31.2. The number of hydrogen-bond acceptors (Lipinski definition) is 0. The molecule has 190 valence electrons. The van der Waals surface area contributed by atoms with Crippen LogP contribution in [-0.2, 0) is 0 Å².